The van der Waals surface area contributed by atoms with E-state index in [2.05, 4.69) is 29.3 Å². The van der Waals surface area contributed by atoms with E-state index in [0.717, 1.165) is 0 Å². The number of nitrogen functional groups attached to an aromatic ring is 1. The molecule has 0 aliphatic carbocycles. The highest BCUT2D eigenvalue weighted by Crippen LogP contribution is 2.26. The molecule has 0 aromatic carbocycles. The molecule has 3 N–H and O–H groups in total. The number of nitrogens with zero attached hydrogens (tertiary/aromatic N) is 2. The van der Waals surface area contributed by atoms with Gasteiger partial charge in [-0.2, -0.15) is 0 Å². The van der Waals surface area contributed by atoms with Crippen LogP contribution in [0.4, 0.5) is 11.5 Å². The van der Waals surface area contributed by atoms with Gasteiger partial charge >= 0.3 is 0 Å². The van der Waals surface area contributed by atoms with Crippen LogP contribution in [0.5, 0.6) is 0 Å². The lowest BCUT2D eigenvalue weighted by Gasteiger charge is -2.39. The third-order valence-electron chi connectivity index (χ3n) is 3.29. The van der Waals surface area contributed by atoms with Gasteiger partial charge < -0.3 is 11.2 Å². The topological polar surface area (TPSA) is 54.2 Å². The molecule has 0 bridgehead atoms. The zero-order valence-electron chi connectivity index (χ0n) is 10.3. The first kappa shape index (κ1) is 12.5. The van der Waals surface area contributed by atoms with Crippen molar-refractivity contribution in [1.29, 1.82) is 0 Å². The first-order chi connectivity index (χ1) is 8.08. The normalized spacial score (nSPS) is 25.8. The van der Waals surface area contributed by atoms with E-state index in [-0.39, 0.29) is 0 Å². The summed E-state index contributed by atoms with van der Waals surface area (Å²) >= 11 is 6.11. The van der Waals surface area contributed by atoms with Gasteiger partial charge in [0.1, 0.15) is 0 Å². The van der Waals surface area contributed by atoms with Crippen molar-refractivity contribution in [3.63, 3.8) is 0 Å². The molecule has 0 saturated carbocycles. The fraction of sp³-hybridized carbons (Fsp3) is 0.583. The van der Waals surface area contributed by atoms with E-state index in [1.54, 1.807) is 12.3 Å². The Balaban J connectivity index is 2.13. The van der Waals surface area contributed by atoms with Crippen molar-refractivity contribution in [2.45, 2.75) is 45.2 Å². The van der Waals surface area contributed by atoms with E-state index >= 15 is 0 Å². The molecule has 0 radical (unpaired) electrons. The number of halogens is 1. The summed E-state index contributed by atoms with van der Waals surface area (Å²) in [5, 5.41) is 2.79. The molecule has 1 aliphatic rings. The summed E-state index contributed by atoms with van der Waals surface area (Å²) < 4.78 is 0. The number of piperidine rings is 1. The first-order valence-electron chi connectivity index (χ1n) is 6.04. The van der Waals surface area contributed by atoms with E-state index < -0.39 is 0 Å². The van der Waals surface area contributed by atoms with Crippen molar-refractivity contribution in [1.82, 2.24) is 9.99 Å². The molecule has 2 atom stereocenters. The summed E-state index contributed by atoms with van der Waals surface area (Å²) in [5.74, 6) is 0.682. The van der Waals surface area contributed by atoms with Gasteiger partial charge in [-0.1, -0.05) is 18.0 Å². The quantitative estimate of drug-likeness (QED) is 0.852. The van der Waals surface area contributed by atoms with Crippen LogP contribution in [0, 0.1) is 0 Å². The minimum absolute atomic E-state index is 0.495. The molecule has 1 saturated heterocycles. The third kappa shape index (κ3) is 2.82. The predicted molar refractivity (Wildman–Crippen MR) is 71.9 cm³/mol. The molecular weight excluding hydrogens is 236 g/mol. The van der Waals surface area contributed by atoms with Crippen molar-refractivity contribution in [2.75, 3.05) is 11.2 Å². The fourth-order valence-corrected chi connectivity index (χ4v) is 2.52. The molecule has 17 heavy (non-hydrogen) atoms. The highest BCUT2D eigenvalue weighted by molar-refractivity contribution is 6.33. The minimum atomic E-state index is 0.495. The number of nitrogens with one attached hydrogen (secondary N) is 1. The summed E-state index contributed by atoms with van der Waals surface area (Å²) in [6, 6.07) is 2.71. The summed E-state index contributed by atoms with van der Waals surface area (Å²) in [4.78, 5) is 4.23. The van der Waals surface area contributed by atoms with Gasteiger partial charge in [-0.15, -0.1) is 0 Å². The van der Waals surface area contributed by atoms with E-state index in [1.807, 2.05) is 0 Å². The van der Waals surface area contributed by atoms with Crippen molar-refractivity contribution in [3.8, 4) is 0 Å². The second kappa shape index (κ2) is 5.10. The minimum Gasteiger partial charge on any atom is -0.397 e. The average molecular weight is 255 g/mol. The Hall–Kier alpha value is -1.00. The maximum Gasteiger partial charge on any atom is 0.159 e. The van der Waals surface area contributed by atoms with Gasteiger partial charge in [-0.05, 0) is 32.8 Å². The molecule has 94 valence electrons. The number of anilines is 2. The Morgan fingerprint density at radius 1 is 1.41 bits per heavy atom. The van der Waals surface area contributed by atoms with Gasteiger partial charge in [0.25, 0.3) is 0 Å². The van der Waals surface area contributed by atoms with Gasteiger partial charge in [0, 0.05) is 12.1 Å². The van der Waals surface area contributed by atoms with Gasteiger partial charge in [-0.3, -0.25) is 0 Å². The average Bonchev–Trinajstić information content (AvgIpc) is 2.26. The summed E-state index contributed by atoms with van der Waals surface area (Å²) in [6.07, 6.45) is 5.30. The van der Waals surface area contributed by atoms with Crippen LogP contribution in [0.25, 0.3) is 0 Å². The first-order valence-corrected chi connectivity index (χ1v) is 6.41. The van der Waals surface area contributed by atoms with Crippen molar-refractivity contribution in [2.24, 2.45) is 0 Å². The molecule has 1 fully saturated rings. The number of aromatic nitrogens is 1. The Morgan fingerprint density at radius 2 is 2.06 bits per heavy atom. The van der Waals surface area contributed by atoms with E-state index in [9.17, 15) is 0 Å². The van der Waals surface area contributed by atoms with Gasteiger partial charge in [0.05, 0.1) is 16.9 Å². The van der Waals surface area contributed by atoms with Crippen LogP contribution < -0.4 is 11.2 Å². The Bertz CT molecular complexity index is 386. The third-order valence-corrected chi connectivity index (χ3v) is 3.58. The van der Waals surface area contributed by atoms with Crippen LogP contribution in [0.3, 0.4) is 0 Å². The molecular formula is C12H19ClN4. The smallest absolute Gasteiger partial charge is 0.159 e. The van der Waals surface area contributed by atoms with Gasteiger partial charge in [-0.25, -0.2) is 9.99 Å². The van der Waals surface area contributed by atoms with Crippen molar-refractivity contribution < 1.29 is 0 Å². The zero-order chi connectivity index (χ0) is 12.4. The second-order valence-corrected chi connectivity index (χ2v) is 5.15. The number of rotatable bonds is 2. The SMILES string of the molecule is CC1CCCC(C)N1Nc1ncc(N)cc1Cl. The van der Waals surface area contributed by atoms with Crippen LogP contribution in [0.1, 0.15) is 33.1 Å². The molecule has 4 nitrogen and oxygen atoms in total. The molecule has 5 heteroatoms. The summed E-state index contributed by atoms with van der Waals surface area (Å²) in [7, 11) is 0. The molecule has 1 aromatic rings. The van der Waals surface area contributed by atoms with Crippen molar-refractivity contribution in [3.05, 3.63) is 17.3 Å². The summed E-state index contributed by atoms with van der Waals surface area (Å²) in [5.41, 5.74) is 9.52. The number of hydrogen-bond acceptors (Lipinski definition) is 4. The van der Waals surface area contributed by atoms with Gasteiger partial charge in [0.15, 0.2) is 5.82 Å². The lowest BCUT2D eigenvalue weighted by atomic mass is 10.00. The maximum absolute atomic E-state index is 6.11. The molecule has 2 unspecified atom stereocenters. The molecule has 2 rings (SSSR count). The molecule has 0 amide bonds. The maximum atomic E-state index is 6.11. The number of nitrogens with two attached hydrogens (primary N) is 1. The Morgan fingerprint density at radius 3 is 2.65 bits per heavy atom. The highest BCUT2D eigenvalue weighted by Gasteiger charge is 2.25. The van der Waals surface area contributed by atoms with Crippen LogP contribution in [0.15, 0.2) is 12.3 Å². The summed E-state index contributed by atoms with van der Waals surface area (Å²) in [6.45, 7) is 4.43. The molecule has 2 heterocycles. The Labute approximate surface area is 107 Å². The van der Waals surface area contributed by atoms with Crippen LogP contribution in [-0.4, -0.2) is 22.1 Å². The number of hydrazine groups is 1. The largest absolute Gasteiger partial charge is 0.397 e. The second-order valence-electron chi connectivity index (χ2n) is 4.75. The van der Waals surface area contributed by atoms with Gasteiger partial charge in [0.2, 0.25) is 0 Å². The van der Waals surface area contributed by atoms with Crippen LogP contribution >= 0.6 is 11.6 Å². The number of pyridine rings is 1. The molecule has 1 aromatic heterocycles. The lowest BCUT2D eigenvalue weighted by molar-refractivity contribution is 0.135. The van der Waals surface area contributed by atoms with E-state index in [1.165, 1.54) is 19.3 Å². The molecule has 1 aliphatic heterocycles. The number of hydrogen-bond donors (Lipinski definition) is 2. The van der Waals surface area contributed by atoms with E-state index in [4.69, 9.17) is 17.3 Å². The fourth-order valence-electron chi connectivity index (χ4n) is 2.30. The Kier molecular flexibility index (Phi) is 3.74. The lowest BCUT2D eigenvalue weighted by Crippen LogP contribution is -2.47. The monoisotopic (exact) mass is 254 g/mol. The standard InChI is InChI=1S/C12H19ClN4/c1-8-4-3-5-9(2)17(8)16-12-11(13)6-10(14)7-15-12/h6-9H,3-5,14H2,1-2H3,(H,15,16). The zero-order valence-corrected chi connectivity index (χ0v) is 11.0. The van der Waals surface area contributed by atoms with Crippen LogP contribution in [-0.2, 0) is 0 Å². The van der Waals surface area contributed by atoms with Crippen molar-refractivity contribution >= 4 is 23.1 Å². The molecule has 0 spiro atoms. The van der Waals surface area contributed by atoms with E-state index in [0.29, 0.717) is 28.6 Å². The highest BCUT2D eigenvalue weighted by atomic mass is 35.5. The predicted octanol–water partition coefficient (Wildman–Crippen LogP) is 2.91. The van der Waals surface area contributed by atoms with Crippen LogP contribution in [0.2, 0.25) is 5.02 Å².